The summed E-state index contributed by atoms with van der Waals surface area (Å²) in [6, 6.07) is 12.7. The van der Waals surface area contributed by atoms with Gasteiger partial charge in [0.15, 0.2) is 11.5 Å². The van der Waals surface area contributed by atoms with Crippen molar-refractivity contribution in [1.29, 1.82) is 0 Å². The fourth-order valence-electron chi connectivity index (χ4n) is 3.03. The molecule has 0 spiro atoms. The predicted octanol–water partition coefficient (Wildman–Crippen LogP) is 1.63. The summed E-state index contributed by atoms with van der Waals surface area (Å²) in [5, 5.41) is 7.80. The first kappa shape index (κ1) is 21.2. The Morgan fingerprint density at radius 2 is 1.88 bits per heavy atom. The average Bonchev–Trinajstić information content (AvgIpc) is 3.14. The van der Waals surface area contributed by atoms with Crippen LogP contribution in [0, 0.1) is 0 Å². The number of benzene rings is 2. The second kappa shape index (κ2) is 8.24. The molecule has 0 saturated heterocycles. The molecular formula is C20H19N7O4S. The van der Waals surface area contributed by atoms with Crippen LogP contribution in [-0.2, 0) is 10.0 Å². The lowest BCUT2D eigenvalue weighted by atomic mass is 10.1. The van der Waals surface area contributed by atoms with Crippen molar-refractivity contribution in [3.63, 3.8) is 0 Å². The van der Waals surface area contributed by atoms with Gasteiger partial charge in [-0.25, -0.2) is 38.0 Å². The number of sulfonamides is 1. The molecule has 0 aliphatic carbocycles. The predicted molar refractivity (Wildman–Crippen MR) is 117 cm³/mol. The van der Waals surface area contributed by atoms with E-state index in [0.29, 0.717) is 40.3 Å². The van der Waals surface area contributed by atoms with Crippen LogP contribution < -0.4 is 21.0 Å². The SMILES string of the molecule is CCNC(=O)Oc1ccc(-c2nc(-c3cccc(S(N)(=O)=O)c3)nc3c2ncn3N)cc1. The number of nitrogens with two attached hydrogens (primary N) is 2. The molecule has 0 radical (unpaired) electrons. The molecule has 0 bridgehead atoms. The Balaban J connectivity index is 1.80. The summed E-state index contributed by atoms with van der Waals surface area (Å²) in [7, 11) is -3.90. The molecule has 0 atom stereocenters. The number of primary sulfonamides is 1. The Hall–Kier alpha value is -4.03. The molecule has 12 heteroatoms. The van der Waals surface area contributed by atoms with E-state index in [4.69, 9.17) is 15.7 Å². The third kappa shape index (κ3) is 4.22. The molecule has 11 nitrogen and oxygen atoms in total. The van der Waals surface area contributed by atoms with Crippen molar-refractivity contribution in [3.8, 4) is 28.4 Å². The maximum Gasteiger partial charge on any atom is 0.412 e. The first-order chi connectivity index (χ1) is 15.3. The van der Waals surface area contributed by atoms with Gasteiger partial charge in [-0.05, 0) is 43.3 Å². The highest BCUT2D eigenvalue weighted by Crippen LogP contribution is 2.29. The second-order valence-electron chi connectivity index (χ2n) is 6.74. The van der Waals surface area contributed by atoms with E-state index in [9.17, 15) is 13.2 Å². The third-order valence-corrected chi connectivity index (χ3v) is 5.41. The topological polar surface area (TPSA) is 168 Å². The summed E-state index contributed by atoms with van der Waals surface area (Å²) in [6.07, 6.45) is 0.850. The number of carbonyl (C=O) groups is 1. The van der Waals surface area contributed by atoms with Crippen LogP contribution in [0.1, 0.15) is 6.92 Å². The maximum absolute atomic E-state index is 11.7. The molecule has 0 aliphatic heterocycles. The van der Waals surface area contributed by atoms with Gasteiger partial charge in [-0.15, -0.1) is 0 Å². The van der Waals surface area contributed by atoms with Gasteiger partial charge in [0, 0.05) is 17.7 Å². The number of rotatable bonds is 5. The number of fused-ring (bicyclic) bond motifs is 1. The molecule has 4 rings (SSSR count). The number of hydrogen-bond donors (Lipinski definition) is 3. The van der Waals surface area contributed by atoms with Gasteiger partial charge in [0.05, 0.1) is 4.90 Å². The normalized spacial score (nSPS) is 11.4. The molecule has 32 heavy (non-hydrogen) atoms. The fourth-order valence-corrected chi connectivity index (χ4v) is 3.59. The minimum absolute atomic E-state index is 0.0617. The Kier molecular flexibility index (Phi) is 5.47. The summed E-state index contributed by atoms with van der Waals surface area (Å²) in [6.45, 7) is 2.24. The molecule has 0 saturated carbocycles. The molecular weight excluding hydrogens is 434 g/mol. The number of imidazole rings is 1. The van der Waals surface area contributed by atoms with Crippen LogP contribution in [-0.4, -0.2) is 40.7 Å². The highest BCUT2D eigenvalue weighted by atomic mass is 32.2. The quantitative estimate of drug-likeness (QED) is 0.383. The monoisotopic (exact) mass is 453 g/mol. The summed E-state index contributed by atoms with van der Waals surface area (Å²) in [5.74, 6) is 6.56. The van der Waals surface area contributed by atoms with Crippen LogP contribution >= 0.6 is 0 Å². The summed E-state index contributed by atoms with van der Waals surface area (Å²) >= 11 is 0. The standard InChI is InChI=1S/C20H19N7O4S/c1-2-23-20(28)31-14-8-6-12(7-9-14)16-17-19(27(21)11-24-17)26-18(25-16)13-4-3-5-15(10-13)32(22,29)30/h3-11H,2,21H2,1H3,(H,23,28)(H2,22,29,30). The van der Waals surface area contributed by atoms with Crippen LogP contribution in [0.4, 0.5) is 4.79 Å². The van der Waals surface area contributed by atoms with Gasteiger partial charge < -0.3 is 15.9 Å². The lowest BCUT2D eigenvalue weighted by molar-refractivity contribution is 0.201. The Bertz CT molecular complexity index is 1420. The van der Waals surface area contributed by atoms with Crippen molar-refractivity contribution in [2.24, 2.45) is 5.14 Å². The molecule has 2 heterocycles. The number of nitrogen functional groups attached to an aromatic ring is 1. The number of nitrogens with one attached hydrogen (secondary N) is 1. The van der Waals surface area contributed by atoms with Crippen molar-refractivity contribution in [2.75, 3.05) is 12.4 Å². The third-order valence-electron chi connectivity index (χ3n) is 4.50. The first-order valence-corrected chi connectivity index (χ1v) is 11.0. The van der Waals surface area contributed by atoms with Crippen LogP contribution in [0.2, 0.25) is 0 Å². The van der Waals surface area contributed by atoms with Crippen LogP contribution in [0.3, 0.4) is 0 Å². The number of hydrogen-bond acceptors (Lipinski definition) is 8. The van der Waals surface area contributed by atoms with E-state index in [0.717, 1.165) is 0 Å². The number of ether oxygens (including phenoxy) is 1. The van der Waals surface area contributed by atoms with Crippen LogP contribution in [0.15, 0.2) is 59.8 Å². The molecule has 0 unspecified atom stereocenters. The van der Waals surface area contributed by atoms with Gasteiger partial charge >= 0.3 is 6.09 Å². The molecule has 2 aromatic carbocycles. The summed E-state index contributed by atoms with van der Waals surface area (Å²) < 4.78 is 29.9. The highest BCUT2D eigenvalue weighted by molar-refractivity contribution is 7.89. The van der Waals surface area contributed by atoms with Crippen LogP contribution in [0.5, 0.6) is 5.75 Å². The maximum atomic E-state index is 11.7. The average molecular weight is 453 g/mol. The number of carbonyl (C=O) groups excluding carboxylic acids is 1. The van der Waals surface area contributed by atoms with Crippen LogP contribution in [0.25, 0.3) is 33.8 Å². The van der Waals surface area contributed by atoms with E-state index in [1.807, 2.05) is 0 Å². The van der Waals surface area contributed by atoms with E-state index in [2.05, 4.69) is 20.3 Å². The van der Waals surface area contributed by atoms with Gasteiger partial charge in [0.2, 0.25) is 10.0 Å². The minimum atomic E-state index is -3.90. The molecule has 4 aromatic rings. The van der Waals surface area contributed by atoms with Crippen molar-refractivity contribution in [3.05, 3.63) is 54.9 Å². The zero-order valence-corrected chi connectivity index (χ0v) is 17.7. The van der Waals surface area contributed by atoms with E-state index < -0.39 is 16.1 Å². The molecule has 164 valence electrons. The second-order valence-corrected chi connectivity index (χ2v) is 8.30. The zero-order valence-electron chi connectivity index (χ0n) is 16.9. The number of nitrogens with zero attached hydrogens (tertiary/aromatic N) is 4. The van der Waals surface area contributed by atoms with Gasteiger partial charge in [0.25, 0.3) is 0 Å². The molecule has 1 amide bonds. The Labute approximate surface area is 183 Å². The summed E-state index contributed by atoms with van der Waals surface area (Å²) in [5.41, 5.74) is 2.39. The van der Waals surface area contributed by atoms with E-state index >= 15 is 0 Å². The van der Waals surface area contributed by atoms with E-state index in [-0.39, 0.29) is 10.7 Å². The van der Waals surface area contributed by atoms with Crippen molar-refractivity contribution in [1.82, 2.24) is 24.9 Å². The lowest BCUT2D eigenvalue weighted by Gasteiger charge is -2.09. The lowest BCUT2D eigenvalue weighted by Crippen LogP contribution is -2.26. The van der Waals surface area contributed by atoms with Gasteiger partial charge in [-0.2, -0.15) is 0 Å². The number of aromatic nitrogens is 4. The fraction of sp³-hybridized carbons (Fsp3) is 0.100. The van der Waals surface area contributed by atoms with E-state index in [1.165, 1.54) is 23.1 Å². The Morgan fingerprint density at radius 3 is 2.56 bits per heavy atom. The largest absolute Gasteiger partial charge is 0.412 e. The van der Waals surface area contributed by atoms with Gasteiger partial charge in [-0.1, -0.05) is 12.1 Å². The van der Waals surface area contributed by atoms with Gasteiger partial charge in [0.1, 0.15) is 23.3 Å². The summed E-state index contributed by atoms with van der Waals surface area (Å²) in [4.78, 5) is 24.9. The minimum Gasteiger partial charge on any atom is -0.410 e. The zero-order chi connectivity index (χ0) is 22.9. The van der Waals surface area contributed by atoms with Crippen molar-refractivity contribution in [2.45, 2.75) is 11.8 Å². The number of amides is 1. The molecule has 0 aliphatic rings. The molecule has 2 aromatic heterocycles. The van der Waals surface area contributed by atoms with E-state index in [1.54, 1.807) is 43.3 Å². The molecule has 5 N–H and O–H groups in total. The molecule has 0 fully saturated rings. The van der Waals surface area contributed by atoms with Gasteiger partial charge in [-0.3, -0.25) is 0 Å². The van der Waals surface area contributed by atoms with Crippen molar-refractivity contribution < 1.29 is 17.9 Å². The smallest absolute Gasteiger partial charge is 0.410 e. The first-order valence-electron chi connectivity index (χ1n) is 9.46. The van der Waals surface area contributed by atoms with Crippen molar-refractivity contribution >= 4 is 27.3 Å². The highest BCUT2D eigenvalue weighted by Gasteiger charge is 2.17. The Morgan fingerprint density at radius 1 is 1.12 bits per heavy atom.